The Morgan fingerprint density at radius 1 is 1.37 bits per heavy atom. The van der Waals surface area contributed by atoms with Crippen molar-refractivity contribution in [2.45, 2.75) is 45.6 Å². The van der Waals surface area contributed by atoms with Crippen LogP contribution in [0.5, 0.6) is 0 Å². The van der Waals surface area contributed by atoms with Crippen LogP contribution >= 0.6 is 0 Å². The number of anilines is 1. The zero-order chi connectivity index (χ0) is 13.7. The Bertz CT molecular complexity index is 423. The second-order valence-electron chi connectivity index (χ2n) is 5.03. The lowest BCUT2D eigenvalue weighted by atomic mass is 10.2. The van der Waals surface area contributed by atoms with Crippen molar-refractivity contribution in [1.29, 1.82) is 0 Å². The molecule has 0 saturated heterocycles. The molecule has 4 nitrogen and oxygen atoms in total. The van der Waals surface area contributed by atoms with Crippen LogP contribution in [0, 0.1) is 0 Å². The van der Waals surface area contributed by atoms with E-state index < -0.39 is 0 Å². The zero-order valence-electron chi connectivity index (χ0n) is 11.9. The number of amides is 1. The molecule has 1 saturated carbocycles. The summed E-state index contributed by atoms with van der Waals surface area (Å²) >= 11 is 0. The van der Waals surface area contributed by atoms with Crippen molar-refractivity contribution in [3.05, 3.63) is 24.0 Å². The number of hydrogen-bond donors (Lipinski definition) is 1. The van der Waals surface area contributed by atoms with Crippen molar-refractivity contribution in [2.75, 3.05) is 18.0 Å². The van der Waals surface area contributed by atoms with Crippen LogP contribution in [-0.4, -0.2) is 30.0 Å². The average molecular weight is 261 g/mol. The van der Waals surface area contributed by atoms with Crippen molar-refractivity contribution in [3.8, 4) is 0 Å². The molecule has 1 aromatic rings. The minimum atomic E-state index is -0.0408. The highest BCUT2D eigenvalue weighted by molar-refractivity contribution is 5.93. The number of carbonyl (C=O) groups is 1. The van der Waals surface area contributed by atoms with E-state index in [1.807, 2.05) is 12.1 Å². The van der Waals surface area contributed by atoms with E-state index in [9.17, 15) is 4.79 Å². The van der Waals surface area contributed by atoms with Crippen LogP contribution in [0.3, 0.4) is 0 Å². The van der Waals surface area contributed by atoms with E-state index in [1.54, 1.807) is 6.20 Å². The van der Waals surface area contributed by atoms with Crippen molar-refractivity contribution >= 4 is 11.6 Å². The molecule has 104 valence electrons. The lowest BCUT2D eigenvalue weighted by Crippen LogP contribution is -2.33. The summed E-state index contributed by atoms with van der Waals surface area (Å²) in [5.41, 5.74) is 1.59. The molecule has 1 aliphatic rings. The third-order valence-corrected chi connectivity index (χ3v) is 3.80. The first-order chi connectivity index (χ1) is 9.24. The summed E-state index contributed by atoms with van der Waals surface area (Å²) in [6.07, 6.45) is 6.36. The molecule has 1 aliphatic carbocycles. The van der Waals surface area contributed by atoms with Crippen LogP contribution in [0.2, 0.25) is 0 Å². The fourth-order valence-electron chi connectivity index (χ4n) is 2.66. The van der Waals surface area contributed by atoms with E-state index in [0.717, 1.165) is 31.6 Å². The van der Waals surface area contributed by atoms with Gasteiger partial charge in [0.2, 0.25) is 0 Å². The smallest absolute Gasteiger partial charge is 0.270 e. The van der Waals surface area contributed by atoms with E-state index in [-0.39, 0.29) is 5.91 Å². The van der Waals surface area contributed by atoms with Gasteiger partial charge in [-0.05, 0) is 38.8 Å². The summed E-state index contributed by atoms with van der Waals surface area (Å²) in [4.78, 5) is 18.6. The molecule has 0 aliphatic heterocycles. The SMILES string of the molecule is CCN(CC)c1ccnc(C(=O)NC2CCCC2)c1. The van der Waals surface area contributed by atoms with Gasteiger partial charge in [0.05, 0.1) is 0 Å². The zero-order valence-corrected chi connectivity index (χ0v) is 11.9. The lowest BCUT2D eigenvalue weighted by Gasteiger charge is -2.21. The van der Waals surface area contributed by atoms with Crippen molar-refractivity contribution in [3.63, 3.8) is 0 Å². The number of rotatable bonds is 5. The number of nitrogens with zero attached hydrogens (tertiary/aromatic N) is 2. The largest absolute Gasteiger partial charge is 0.372 e. The molecule has 0 bridgehead atoms. The van der Waals surface area contributed by atoms with Gasteiger partial charge >= 0.3 is 0 Å². The normalized spacial score (nSPS) is 15.5. The molecule has 1 amide bonds. The Balaban J connectivity index is 2.06. The van der Waals surface area contributed by atoms with Gasteiger partial charge in [0.25, 0.3) is 5.91 Å². The third kappa shape index (κ3) is 3.46. The lowest BCUT2D eigenvalue weighted by molar-refractivity contribution is 0.0933. The topological polar surface area (TPSA) is 45.2 Å². The maximum atomic E-state index is 12.2. The number of nitrogens with one attached hydrogen (secondary N) is 1. The minimum absolute atomic E-state index is 0.0408. The molecular weight excluding hydrogens is 238 g/mol. The van der Waals surface area contributed by atoms with Gasteiger partial charge in [-0.25, -0.2) is 0 Å². The van der Waals surface area contributed by atoms with E-state index in [4.69, 9.17) is 0 Å². The quantitative estimate of drug-likeness (QED) is 0.886. The van der Waals surface area contributed by atoms with Gasteiger partial charge in [-0.3, -0.25) is 9.78 Å². The van der Waals surface area contributed by atoms with Crippen LogP contribution in [0.15, 0.2) is 18.3 Å². The number of hydrogen-bond acceptors (Lipinski definition) is 3. The monoisotopic (exact) mass is 261 g/mol. The maximum absolute atomic E-state index is 12.2. The Morgan fingerprint density at radius 3 is 2.68 bits per heavy atom. The molecule has 0 atom stereocenters. The van der Waals surface area contributed by atoms with E-state index in [0.29, 0.717) is 11.7 Å². The average Bonchev–Trinajstić information content (AvgIpc) is 2.93. The summed E-state index contributed by atoms with van der Waals surface area (Å²) in [6, 6.07) is 4.18. The minimum Gasteiger partial charge on any atom is -0.372 e. The van der Waals surface area contributed by atoms with Gasteiger partial charge < -0.3 is 10.2 Å². The van der Waals surface area contributed by atoms with E-state index in [2.05, 4.69) is 29.0 Å². The standard InChI is InChI=1S/C15H23N3O/c1-3-18(4-2)13-9-10-16-14(11-13)15(19)17-12-7-5-6-8-12/h9-12H,3-8H2,1-2H3,(H,17,19). The second-order valence-corrected chi connectivity index (χ2v) is 5.03. The highest BCUT2D eigenvalue weighted by Crippen LogP contribution is 2.19. The first-order valence-electron chi connectivity index (χ1n) is 7.26. The third-order valence-electron chi connectivity index (χ3n) is 3.80. The Morgan fingerprint density at radius 2 is 2.05 bits per heavy atom. The fourth-order valence-corrected chi connectivity index (χ4v) is 2.66. The fraction of sp³-hybridized carbons (Fsp3) is 0.600. The first-order valence-corrected chi connectivity index (χ1v) is 7.26. The van der Waals surface area contributed by atoms with Crippen LogP contribution in [0.1, 0.15) is 50.0 Å². The van der Waals surface area contributed by atoms with Crippen LogP contribution in [0.25, 0.3) is 0 Å². The highest BCUT2D eigenvalue weighted by atomic mass is 16.1. The summed E-state index contributed by atoms with van der Waals surface area (Å²) in [5.74, 6) is -0.0408. The second kappa shape index (κ2) is 6.55. The predicted octanol–water partition coefficient (Wildman–Crippen LogP) is 2.60. The first kappa shape index (κ1) is 13.8. The number of carbonyl (C=O) groups excluding carboxylic acids is 1. The van der Waals surface area contributed by atoms with Gasteiger partial charge in [-0.1, -0.05) is 12.8 Å². The molecule has 4 heteroatoms. The molecule has 0 radical (unpaired) electrons. The van der Waals surface area contributed by atoms with Gasteiger partial charge in [0, 0.05) is 31.0 Å². The molecule has 0 unspecified atom stereocenters. The molecule has 19 heavy (non-hydrogen) atoms. The summed E-state index contributed by atoms with van der Waals surface area (Å²) < 4.78 is 0. The van der Waals surface area contributed by atoms with E-state index in [1.165, 1.54) is 12.8 Å². The molecule has 0 spiro atoms. The Labute approximate surface area is 115 Å². The number of aromatic nitrogens is 1. The van der Waals surface area contributed by atoms with E-state index >= 15 is 0 Å². The maximum Gasteiger partial charge on any atom is 0.270 e. The Kier molecular flexibility index (Phi) is 4.77. The van der Waals surface area contributed by atoms with Gasteiger partial charge in [-0.15, -0.1) is 0 Å². The molecule has 1 N–H and O–H groups in total. The summed E-state index contributed by atoms with van der Waals surface area (Å²) in [6.45, 7) is 6.10. The van der Waals surface area contributed by atoms with Gasteiger partial charge in [0.15, 0.2) is 0 Å². The van der Waals surface area contributed by atoms with Crippen LogP contribution in [-0.2, 0) is 0 Å². The molecule has 2 rings (SSSR count). The Hall–Kier alpha value is -1.58. The molecule has 1 heterocycles. The number of pyridine rings is 1. The highest BCUT2D eigenvalue weighted by Gasteiger charge is 2.19. The van der Waals surface area contributed by atoms with Gasteiger partial charge in [-0.2, -0.15) is 0 Å². The molecular formula is C15H23N3O. The van der Waals surface area contributed by atoms with Crippen LogP contribution < -0.4 is 10.2 Å². The van der Waals surface area contributed by atoms with Crippen molar-refractivity contribution in [1.82, 2.24) is 10.3 Å². The van der Waals surface area contributed by atoms with Gasteiger partial charge in [0.1, 0.15) is 5.69 Å². The van der Waals surface area contributed by atoms with Crippen LogP contribution in [0.4, 0.5) is 5.69 Å². The van der Waals surface area contributed by atoms with Crippen molar-refractivity contribution in [2.24, 2.45) is 0 Å². The molecule has 1 aromatic heterocycles. The molecule has 1 fully saturated rings. The predicted molar refractivity (Wildman–Crippen MR) is 77.5 cm³/mol. The van der Waals surface area contributed by atoms with Crippen molar-refractivity contribution < 1.29 is 4.79 Å². The summed E-state index contributed by atoms with van der Waals surface area (Å²) in [5, 5.41) is 3.08. The summed E-state index contributed by atoms with van der Waals surface area (Å²) in [7, 11) is 0. The molecule has 0 aromatic carbocycles.